The zero-order valence-corrected chi connectivity index (χ0v) is 15.4. The summed E-state index contributed by atoms with van der Waals surface area (Å²) in [6, 6.07) is 7.84. The Morgan fingerprint density at radius 3 is 2.71 bits per heavy atom. The number of hydrogen-bond acceptors (Lipinski definition) is 4. The van der Waals surface area contributed by atoms with Gasteiger partial charge < -0.3 is 19.9 Å². The molecule has 0 fully saturated rings. The maximum absolute atomic E-state index is 12.3. The van der Waals surface area contributed by atoms with Gasteiger partial charge in [0, 0.05) is 36.3 Å². The van der Waals surface area contributed by atoms with Crippen molar-refractivity contribution in [1.82, 2.24) is 15.1 Å². The van der Waals surface area contributed by atoms with Crippen molar-refractivity contribution in [3.63, 3.8) is 0 Å². The SMILES string of the molecule is CN1C2=C(CN(C(=O)OC(C)(C)C)CC2)NC1c1ccccc1Cl. The second kappa shape index (κ2) is 6.20. The molecule has 6 heteroatoms. The van der Waals surface area contributed by atoms with Crippen molar-refractivity contribution >= 4 is 17.7 Å². The molecule has 1 unspecified atom stereocenters. The fourth-order valence-corrected chi connectivity index (χ4v) is 3.39. The number of halogens is 1. The molecule has 0 bridgehead atoms. The van der Waals surface area contributed by atoms with Crippen molar-refractivity contribution in [3.8, 4) is 0 Å². The maximum Gasteiger partial charge on any atom is 0.410 e. The predicted molar refractivity (Wildman–Crippen MR) is 94.5 cm³/mol. The Kier molecular flexibility index (Phi) is 4.38. The third kappa shape index (κ3) is 3.31. The average molecular weight is 350 g/mol. The Morgan fingerprint density at radius 2 is 2.04 bits per heavy atom. The lowest BCUT2D eigenvalue weighted by molar-refractivity contribution is 0.0256. The predicted octanol–water partition coefficient (Wildman–Crippen LogP) is 3.73. The van der Waals surface area contributed by atoms with Crippen LogP contribution < -0.4 is 5.32 Å². The van der Waals surface area contributed by atoms with Crippen molar-refractivity contribution < 1.29 is 9.53 Å². The standard InChI is InChI=1S/C18H24ClN3O2/c1-18(2,3)24-17(23)22-10-9-15-14(11-22)20-16(21(15)4)12-7-5-6-8-13(12)19/h5-8,16,20H,9-11H2,1-4H3. The van der Waals surface area contributed by atoms with Crippen LogP contribution in [-0.2, 0) is 4.74 Å². The highest BCUT2D eigenvalue weighted by atomic mass is 35.5. The van der Waals surface area contributed by atoms with Crippen LogP contribution in [0, 0.1) is 0 Å². The molecule has 2 heterocycles. The first-order chi connectivity index (χ1) is 11.3. The van der Waals surface area contributed by atoms with Gasteiger partial charge in [-0.3, -0.25) is 0 Å². The first-order valence-electron chi connectivity index (χ1n) is 8.20. The number of benzene rings is 1. The average Bonchev–Trinajstić information content (AvgIpc) is 2.82. The van der Waals surface area contributed by atoms with Crippen LogP contribution >= 0.6 is 11.6 Å². The fourth-order valence-electron chi connectivity index (χ4n) is 3.15. The zero-order chi connectivity index (χ0) is 17.5. The van der Waals surface area contributed by atoms with Crippen molar-refractivity contribution in [2.24, 2.45) is 0 Å². The fraction of sp³-hybridized carbons (Fsp3) is 0.500. The molecule has 1 amide bonds. The quantitative estimate of drug-likeness (QED) is 0.839. The van der Waals surface area contributed by atoms with E-state index < -0.39 is 5.60 Å². The van der Waals surface area contributed by atoms with Crippen LogP contribution in [0.3, 0.4) is 0 Å². The highest BCUT2D eigenvalue weighted by Crippen LogP contribution is 2.36. The van der Waals surface area contributed by atoms with Crippen LogP contribution in [0.2, 0.25) is 5.02 Å². The lowest BCUT2D eigenvalue weighted by atomic mass is 10.1. The van der Waals surface area contributed by atoms with Crippen molar-refractivity contribution in [3.05, 3.63) is 46.2 Å². The van der Waals surface area contributed by atoms with Crippen LogP contribution in [0.4, 0.5) is 4.79 Å². The summed E-state index contributed by atoms with van der Waals surface area (Å²) in [5.74, 6) is 0. The van der Waals surface area contributed by atoms with Gasteiger partial charge in [0.05, 0.1) is 12.2 Å². The maximum atomic E-state index is 12.3. The molecule has 1 N–H and O–H groups in total. The molecule has 1 atom stereocenters. The van der Waals surface area contributed by atoms with Crippen molar-refractivity contribution in [1.29, 1.82) is 0 Å². The lowest BCUT2D eigenvalue weighted by Gasteiger charge is -2.31. The van der Waals surface area contributed by atoms with E-state index in [1.165, 1.54) is 5.70 Å². The highest BCUT2D eigenvalue weighted by molar-refractivity contribution is 6.31. The van der Waals surface area contributed by atoms with E-state index in [9.17, 15) is 4.79 Å². The molecule has 2 aliphatic heterocycles. The summed E-state index contributed by atoms with van der Waals surface area (Å²) in [5.41, 5.74) is 2.87. The number of amides is 1. The Balaban J connectivity index is 1.73. The molecule has 2 aliphatic rings. The molecule has 1 aromatic carbocycles. The van der Waals surface area contributed by atoms with Gasteiger partial charge in [0.15, 0.2) is 0 Å². The molecule has 24 heavy (non-hydrogen) atoms. The number of rotatable bonds is 1. The molecular formula is C18H24ClN3O2. The summed E-state index contributed by atoms with van der Waals surface area (Å²) >= 11 is 6.35. The number of nitrogens with zero attached hydrogens (tertiary/aromatic N) is 2. The second-order valence-electron chi connectivity index (χ2n) is 7.26. The number of ether oxygens (including phenoxy) is 1. The summed E-state index contributed by atoms with van der Waals surface area (Å²) in [5, 5.41) is 4.26. The van der Waals surface area contributed by atoms with Crippen LogP contribution in [0.1, 0.15) is 38.9 Å². The summed E-state index contributed by atoms with van der Waals surface area (Å²) in [7, 11) is 2.06. The van der Waals surface area contributed by atoms with Gasteiger partial charge in [0.2, 0.25) is 0 Å². The van der Waals surface area contributed by atoms with Gasteiger partial charge >= 0.3 is 6.09 Å². The van der Waals surface area contributed by atoms with Crippen LogP contribution in [0.25, 0.3) is 0 Å². The minimum atomic E-state index is -0.480. The third-order valence-corrected chi connectivity index (χ3v) is 4.64. The van der Waals surface area contributed by atoms with Gasteiger partial charge in [0.1, 0.15) is 11.8 Å². The Hall–Kier alpha value is -1.88. The van der Waals surface area contributed by atoms with Crippen LogP contribution in [0.15, 0.2) is 35.7 Å². The molecule has 0 saturated heterocycles. The number of hydrogen-bond donors (Lipinski definition) is 1. The van der Waals surface area contributed by atoms with Crippen LogP contribution in [-0.4, -0.2) is 41.6 Å². The van der Waals surface area contributed by atoms with E-state index in [-0.39, 0.29) is 12.3 Å². The van der Waals surface area contributed by atoms with E-state index >= 15 is 0 Å². The molecule has 0 radical (unpaired) electrons. The van der Waals surface area contributed by atoms with Gasteiger partial charge in [-0.2, -0.15) is 0 Å². The van der Waals surface area contributed by atoms with E-state index in [1.807, 2.05) is 45.0 Å². The first kappa shape index (κ1) is 17.0. The number of carbonyl (C=O) groups excluding carboxylic acids is 1. The monoisotopic (exact) mass is 349 g/mol. The normalized spacial score (nSPS) is 20.8. The van der Waals surface area contributed by atoms with Crippen LogP contribution in [0.5, 0.6) is 0 Å². The largest absolute Gasteiger partial charge is 0.444 e. The molecule has 3 rings (SSSR count). The highest BCUT2D eigenvalue weighted by Gasteiger charge is 2.36. The first-order valence-corrected chi connectivity index (χ1v) is 8.58. The summed E-state index contributed by atoms with van der Waals surface area (Å²) < 4.78 is 5.48. The van der Waals surface area contributed by atoms with Crippen molar-refractivity contribution in [2.45, 2.75) is 39.0 Å². The topological polar surface area (TPSA) is 44.8 Å². The van der Waals surface area contributed by atoms with E-state index in [2.05, 4.69) is 17.3 Å². The van der Waals surface area contributed by atoms with Crippen molar-refractivity contribution in [2.75, 3.05) is 20.1 Å². The van der Waals surface area contributed by atoms with Gasteiger partial charge in [-0.15, -0.1) is 0 Å². The third-order valence-electron chi connectivity index (χ3n) is 4.29. The molecular weight excluding hydrogens is 326 g/mol. The zero-order valence-electron chi connectivity index (χ0n) is 14.6. The number of nitrogens with one attached hydrogen (secondary N) is 1. The summed E-state index contributed by atoms with van der Waals surface area (Å²) in [4.78, 5) is 16.3. The molecule has 5 nitrogen and oxygen atoms in total. The molecule has 0 aromatic heterocycles. The summed E-state index contributed by atoms with van der Waals surface area (Å²) in [6.45, 7) is 6.85. The van der Waals surface area contributed by atoms with E-state index in [0.29, 0.717) is 13.1 Å². The molecule has 0 saturated carbocycles. The smallest absolute Gasteiger partial charge is 0.410 e. The molecule has 130 valence electrons. The lowest BCUT2D eigenvalue weighted by Crippen LogP contribution is -2.41. The molecule has 0 spiro atoms. The van der Waals surface area contributed by atoms with E-state index in [1.54, 1.807) is 4.90 Å². The van der Waals surface area contributed by atoms with Gasteiger partial charge in [0.25, 0.3) is 0 Å². The Morgan fingerprint density at radius 1 is 1.33 bits per heavy atom. The van der Waals surface area contributed by atoms with E-state index in [4.69, 9.17) is 16.3 Å². The van der Waals surface area contributed by atoms with Gasteiger partial charge in [-0.05, 0) is 26.8 Å². The minimum Gasteiger partial charge on any atom is -0.444 e. The second-order valence-corrected chi connectivity index (χ2v) is 7.66. The van der Waals surface area contributed by atoms with Gasteiger partial charge in [-0.25, -0.2) is 4.79 Å². The Labute approximate surface area is 148 Å². The molecule has 1 aromatic rings. The Bertz CT molecular complexity index is 681. The number of carbonyl (C=O) groups is 1. The van der Waals surface area contributed by atoms with Gasteiger partial charge in [-0.1, -0.05) is 29.8 Å². The minimum absolute atomic E-state index is 0.00212. The summed E-state index contributed by atoms with van der Waals surface area (Å²) in [6.07, 6.45) is 0.543. The molecule has 0 aliphatic carbocycles. The van der Waals surface area contributed by atoms with E-state index in [0.717, 1.165) is 22.7 Å².